The lowest BCUT2D eigenvalue weighted by Gasteiger charge is -2.21. The third kappa shape index (κ3) is 4.53. The predicted octanol–water partition coefficient (Wildman–Crippen LogP) is 6.21. The second kappa shape index (κ2) is 8.77. The summed E-state index contributed by atoms with van der Waals surface area (Å²) in [7, 11) is 0. The average molecular weight is 326 g/mol. The molecule has 0 bridgehead atoms. The molecule has 2 rings (SSSR count). The van der Waals surface area contributed by atoms with Crippen molar-refractivity contribution in [1.29, 1.82) is 0 Å². The van der Waals surface area contributed by atoms with Gasteiger partial charge in [0.2, 0.25) is 0 Å². The van der Waals surface area contributed by atoms with Gasteiger partial charge in [-0.05, 0) is 43.0 Å². The lowest BCUT2D eigenvalue weighted by atomic mass is 9.84. The molecular weight excluding hydrogens is 296 g/mol. The van der Waals surface area contributed by atoms with Gasteiger partial charge in [-0.2, -0.15) is 0 Å². The molecule has 0 saturated heterocycles. The van der Waals surface area contributed by atoms with Crippen LogP contribution in [0.5, 0.6) is 11.5 Å². The maximum absolute atomic E-state index is 10.5. The summed E-state index contributed by atoms with van der Waals surface area (Å²) >= 11 is 0. The number of aryl methyl sites for hydroxylation is 2. The fraction of sp³-hybridized carbons (Fsp3) is 0.455. The molecule has 1 unspecified atom stereocenters. The van der Waals surface area contributed by atoms with Crippen LogP contribution in [0.4, 0.5) is 0 Å². The Morgan fingerprint density at radius 1 is 0.875 bits per heavy atom. The Balaban J connectivity index is 2.27. The smallest absolute Gasteiger partial charge is 0.122 e. The van der Waals surface area contributed by atoms with Crippen molar-refractivity contribution in [3.8, 4) is 11.5 Å². The SMILES string of the molecule is CCCCCCCC(c1ccc(O)c(C)c1)c1cccc(C)c1O. The van der Waals surface area contributed by atoms with Crippen LogP contribution in [0.3, 0.4) is 0 Å². The largest absolute Gasteiger partial charge is 0.508 e. The normalized spacial score (nSPS) is 12.3. The van der Waals surface area contributed by atoms with Crippen LogP contribution >= 0.6 is 0 Å². The van der Waals surface area contributed by atoms with Gasteiger partial charge in [-0.1, -0.05) is 69.4 Å². The summed E-state index contributed by atoms with van der Waals surface area (Å²) < 4.78 is 0. The summed E-state index contributed by atoms with van der Waals surface area (Å²) in [5.41, 5.74) is 3.96. The third-order valence-corrected chi connectivity index (χ3v) is 4.86. The molecule has 2 aromatic rings. The molecule has 0 heterocycles. The van der Waals surface area contributed by atoms with Crippen LogP contribution < -0.4 is 0 Å². The van der Waals surface area contributed by atoms with Gasteiger partial charge in [0.05, 0.1) is 0 Å². The van der Waals surface area contributed by atoms with Gasteiger partial charge in [0.1, 0.15) is 11.5 Å². The third-order valence-electron chi connectivity index (χ3n) is 4.86. The van der Waals surface area contributed by atoms with Gasteiger partial charge in [-0.15, -0.1) is 0 Å². The molecule has 0 amide bonds. The van der Waals surface area contributed by atoms with Crippen molar-refractivity contribution in [3.05, 3.63) is 58.7 Å². The van der Waals surface area contributed by atoms with E-state index in [0.717, 1.165) is 29.5 Å². The summed E-state index contributed by atoms with van der Waals surface area (Å²) in [6, 6.07) is 11.8. The molecule has 0 saturated carbocycles. The van der Waals surface area contributed by atoms with E-state index in [1.165, 1.54) is 31.2 Å². The Labute approximate surface area is 146 Å². The molecule has 2 N–H and O–H groups in total. The van der Waals surface area contributed by atoms with E-state index in [4.69, 9.17) is 0 Å². The predicted molar refractivity (Wildman–Crippen MR) is 101 cm³/mol. The van der Waals surface area contributed by atoms with Crippen molar-refractivity contribution in [2.75, 3.05) is 0 Å². The highest BCUT2D eigenvalue weighted by Crippen LogP contribution is 2.38. The molecule has 0 aliphatic rings. The minimum absolute atomic E-state index is 0.172. The van der Waals surface area contributed by atoms with Crippen LogP contribution in [0, 0.1) is 13.8 Å². The number of aromatic hydroxyl groups is 2. The molecule has 0 aliphatic heterocycles. The van der Waals surface area contributed by atoms with Gasteiger partial charge < -0.3 is 10.2 Å². The molecule has 2 nitrogen and oxygen atoms in total. The Kier molecular flexibility index (Phi) is 6.72. The van der Waals surface area contributed by atoms with Gasteiger partial charge >= 0.3 is 0 Å². The van der Waals surface area contributed by atoms with E-state index < -0.39 is 0 Å². The standard InChI is InChI=1S/C22H30O2/c1-4-5-6-7-8-11-19(18-13-14-21(23)17(3)15-18)20-12-9-10-16(2)22(20)24/h9-10,12-15,19,23-24H,4-8,11H2,1-3H3. The molecular formula is C22H30O2. The summed E-state index contributed by atoms with van der Waals surface area (Å²) in [5.74, 6) is 0.904. The van der Waals surface area contributed by atoms with Crippen molar-refractivity contribution in [3.63, 3.8) is 0 Å². The Hall–Kier alpha value is -1.96. The number of phenols is 2. The molecule has 1 atom stereocenters. The van der Waals surface area contributed by atoms with E-state index in [2.05, 4.69) is 6.92 Å². The van der Waals surface area contributed by atoms with E-state index in [1.807, 2.05) is 44.2 Å². The summed E-state index contributed by atoms with van der Waals surface area (Å²) in [6.07, 6.45) is 7.21. The fourth-order valence-electron chi connectivity index (χ4n) is 3.31. The van der Waals surface area contributed by atoms with E-state index in [1.54, 1.807) is 6.07 Å². The van der Waals surface area contributed by atoms with E-state index in [-0.39, 0.29) is 5.92 Å². The quantitative estimate of drug-likeness (QED) is 0.566. The topological polar surface area (TPSA) is 40.5 Å². The van der Waals surface area contributed by atoms with Crippen LogP contribution in [0.2, 0.25) is 0 Å². The minimum atomic E-state index is 0.172. The molecule has 2 heteroatoms. The van der Waals surface area contributed by atoms with Crippen LogP contribution in [0.1, 0.15) is 73.6 Å². The Morgan fingerprint density at radius 3 is 2.33 bits per heavy atom. The number of rotatable bonds is 8. The van der Waals surface area contributed by atoms with Gasteiger partial charge in [0.15, 0.2) is 0 Å². The van der Waals surface area contributed by atoms with Crippen LogP contribution in [-0.4, -0.2) is 10.2 Å². The zero-order valence-corrected chi connectivity index (χ0v) is 15.2. The highest BCUT2D eigenvalue weighted by Gasteiger charge is 2.19. The van der Waals surface area contributed by atoms with Crippen molar-refractivity contribution in [2.45, 2.75) is 65.2 Å². The van der Waals surface area contributed by atoms with Crippen LogP contribution in [0.25, 0.3) is 0 Å². The first-order chi connectivity index (χ1) is 11.5. The number of para-hydroxylation sites is 1. The first-order valence-electron chi connectivity index (χ1n) is 9.12. The zero-order chi connectivity index (χ0) is 17.5. The van der Waals surface area contributed by atoms with Crippen molar-refractivity contribution in [2.24, 2.45) is 0 Å². The minimum Gasteiger partial charge on any atom is -0.508 e. The Bertz CT molecular complexity index is 661. The number of phenolic OH excluding ortho intramolecular Hbond substituents is 2. The number of hydrogen-bond acceptors (Lipinski definition) is 2. The van der Waals surface area contributed by atoms with Crippen LogP contribution in [-0.2, 0) is 0 Å². The van der Waals surface area contributed by atoms with Crippen molar-refractivity contribution >= 4 is 0 Å². The van der Waals surface area contributed by atoms with Crippen LogP contribution in [0.15, 0.2) is 36.4 Å². The highest BCUT2D eigenvalue weighted by atomic mass is 16.3. The second-order valence-electron chi connectivity index (χ2n) is 6.81. The summed E-state index contributed by atoms with van der Waals surface area (Å²) in [4.78, 5) is 0. The molecule has 130 valence electrons. The van der Waals surface area contributed by atoms with Crippen molar-refractivity contribution in [1.82, 2.24) is 0 Å². The lowest BCUT2D eigenvalue weighted by molar-refractivity contribution is 0.456. The fourth-order valence-corrected chi connectivity index (χ4v) is 3.31. The lowest BCUT2D eigenvalue weighted by Crippen LogP contribution is -2.03. The Morgan fingerprint density at radius 2 is 1.62 bits per heavy atom. The maximum Gasteiger partial charge on any atom is 0.122 e. The zero-order valence-electron chi connectivity index (χ0n) is 15.2. The molecule has 0 fully saturated rings. The molecule has 0 spiro atoms. The molecule has 2 aromatic carbocycles. The van der Waals surface area contributed by atoms with Gasteiger partial charge in [-0.3, -0.25) is 0 Å². The first kappa shape index (κ1) is 18.4. The van der Waals surface area contributed by atoms with Gasteiger partial charge in [0.25, 0.3) is 0 Å². The molecule has 0 aromatic heterocycles. The van der Waals surface area contributed by atoms with Crippen molar-refractivity contribution < 1.29 is 10.2 Å². The number of hydrogen-bond donors (Lipinski definition) is 2. The highest BCUT2D eigenvalue weighted by molar-refractivity contribution is 5.47. The first-order valence-corrected chi connectivity index (χ1v) is 9.12. The van der Waals surface area contributed by atoms with E-state index in [9.17, 15) is 10.2 Å². The summed E-state index contributed by atoms with van der Waals surface area (Å²) in [6.45, 7) is 6.10. The average Bonchev–Trinajstić information content (AvgIpc) is 2.57. The van der Waals surface area contributed by atoms with Gasteiger partial charge in [-0.25, -0.2) is 0 Å². The number of unbranched alkanes of at least 4 members (excludes halogenated alkanes) is 4. The molecule has 0 radical (unpaired) electrons. The summed E-state index contributed by atoms with van der Waals surface area (Å²) in [5, 5.41) is 20.4. The molecule has 24 heavy (non-hydrogen) atoms. The second-order valence-corrected chi connectivity index (χ2v) is 6.81. The van der Waals surface area contributed by atoms with E-state index >= 15 is 0 Å². The van der Waals surface area contributed by atoms with E-state index in [0.29, 0.717) is 11.5 Å². The number of benzene rings is 2. The van der Waals surface area contributed by atoms with Gasteiger partial charge in [0, 0.05) is 11.5 Å². The maximum atomic E-state index is 10.5. The molecule has 0 aliphatic carbocycles. The monoisotopic (exact) mass is 326 g/mol.